The smallest absolute Gasteiger partial charge is 0.317 e. The van der Waals surface area contributed by atoms with Crippen LogP contribution in [-0.4, -0.2) is 54.5 Å². The molecule has 1 aromatic carbocycles. The van der Waals surface area contributed by atoms with Gasteiger partial charge >= 0.3 is 6.03 Å². The van der Waals surface area contributed by atoms with Gasteiger partial charge in [-0.05, 0) is 30.5 Å². The van der Waals surface area contributed by atoms with Crippen LogP contribution in [0.4, 0.5) is 18.0 Å². The Bertz CT molecular complexity index is 602. The second-order valence-electron chi connectivity index (χ2n) is 5.70. The summed E-state index contributed by atoms with van der Waals surface area (Å²) in [6.07, 6.45) is 0.884. The minimum absolute atomic E-state index is 0.0161. The fourth-order valence-corrected chi connectivity index (χ4v) is 2.61. The maximum atomic E-state index is 13.1. The van der Waals surface area contributed by atoms with E-state index in [9.17, 15) is 22.8 Å². The van der Waals surface area contributed by atoms with Gasteiger partial charge in [-0.1, -0.05) is 0 Å². The van der Waals surface area contributed by atoms with Gasteiger partial charge in [-0.2, -0.15) is 0 Å². The highest BCUT2D eigenvalue weighted by Gasteiger charge is 2.20. The third-order valence-electron chi connectivity index (χ3n) is 3.96. The average Bonchev–Trinajstić information content (AvgIpc) is 2.78. The summed E-state index contributed by atoms with van der Waals surface area (Å²) >= 11 is 0. The Morgan fingerprint density at radius 1 is 1.04 bits per heavy atom. The third-order valence-corrected chi connectivity index (χ3v) is 3.96. The number of benzene rings is 1. The summed E-state index contributed by atoms with van der Waals surface area (Å²) < 4.78 is 39.1. The molecule has 0 aromatic heterocycles. The first-order valence-electron chi connectivity index (χ1n) is 7.80. The molecule has 24 heavy (non-hydrogen) atoms. The van der Waals surface area contributed by atoms with Crippen molar-refractivity contribution >= 4 is 11.9 Å². The van der Waals surface area contributed by atoms with E-state index in [0.29, 0.717) is 32.6 Å². The van der Waals surface area contributed by atoms with E-state index in [4.69, 9.17) is 0 Å². The Hall–Kier alpha value is -2.25. The maximum Gasteiger partial charge on any atom is 0.317 e. The molecule has 0 unspecified atom stereocenters. The van der Waals surface area contributed by atoms with Crippen LogP contribution in [0.1, 0.15) is 18.9 Å². The lowest BCUT2D eigenvalue weighted by molar-refractivity contribution is -0.128. The van der Waals surface area contributed by atoms with E-state index in [1.54, 1.807) is 9.80 Å². The van der Waals surface area contributed by atoms with Crippen molar-refractivity contribution < 1.29 is 22.8 Å². The zero-order chi connectivity index (χ0) is 17.7. The Kier molecular flexibility index (Phi) is 6.05. The molecular weight excluding hydrogens is 323 g/mol. The number of hydrogen-bond donors (Lipinski definition) is 1. The molecule has 0 spiro atoms. The molecule has 2 rings (SSSR count). The topological polar surface area (TPSA) is 52.7 Å². The number of halogens is 3. The first-order valence-corrected chi connectivity index (χ1v) is 7.80. The van der Waals surface area contributed by atoms with Crippen molar-refractivity contribution in [3.8, 4) is 0 Å². The van der Waals surface area contributed by atoms with E-state index in [1.807, 2.05) is 0 Å². The predicted octanol–water partition coefficient (Wildman–Crippen LogP) is 1.91. The van der Waals surface area contributed by atoms with Gasteiger partial charge in [0.1, 0.15) is 0 Å². The number of carbonyl (C=O) groups excluding carboxylic acids is 2. The van der Waals surface area contributed by atoms with Gasteiger partial charge in [-0.25, -0.2) is 18.0 Å². The molecule has 1 saturated heterocycles. The minimum Gasteiger partial charge on any atom is -0.341 e. The second-order valence-corrected chi connectivity index (χ2v) is 5.70. The van der Waals surface area contributed by atoms with E-state index in [0.717, 1.165) is 12.1 Å². The molecule has 0 aliphatic carbocycles. The van der Waals surface area contributed by atoms with E-state index in [1.165, 1.54) is 6.92 Å². The highest BCUT2D eigenvalue weighted by Crippen LogP contribution is 2.13. The van der Waals surface area contributed by atoms with Crippen LogP contribution in [0.15, 0.2) is 12.1 Å². The monoisotopic (exact) mass is 343 g/mol. The van der Waals surface area contributed by atoms with Crippen LogP contribution in [0.5, 0.6) is 0 Å². The molecule has 0 radical (unpaired) electrons. The normalized spacial score (nSPS) is 15.2. The Morgan fingerprint density at radius 3 is 2.25 bits per heavy atom. The van der Waals surface area contributed by atoms with Crippen LogP contribution in [0.2, 0.25) is 0 Å². The first-order chi connectivity index (χ1) is 11.4. The molecule has 1 fully saturated rings. The summed E-state index contributed by atoms with van der Waals surface area (Å²) in [5, 5.41) is 2.67. The molecule has 132 valence electrons. The van der Waals surface area contributed by atoms with Crippen molar-refractivity contribution in [1.29, 1.82) is 0 Å². The fraction of sp³-hybridized carbons (Fsp3) is 0.500. The molecule has 1 aliphatic heterocycles. The van der Waals surface area contributed by atoms with Gasteiger partial charge in [0, 0.05) is 39.6 Å². The number of amides is 3. The lowest BCUT2D eigenvalue weighted by Crippen LogP contribution is -2.43. The molecule has 3 amide bonds. The van der Waals surface area contributed by atoms with Crippen molar-refractivity contribution in [3.63, 3.8) is 0 Å². The maximum absolute atomic E-state index is 13.1. The lowest BCUT2D eigenvalue weighted by Gasteiger charge is -2.21. The number of nitrogens with zero attached hydrogens (tertiary/aromatic N) is 2. The molecule has 8 heteroatoms. The molecule has 1 N–H and O–H groups in total. The summed E-state index contributed by atoms with van der Waals surface area (Å²) in [5.41, 5.74) is 0.269. The molecule has 0 atom stereocenters. The Balaban J connectivity index is 1.82. The number of urea groups is 1. The molecule has 1 aromatic rings. The van der Waals surface area contributed by atoms with Crippen molar-refractivity contribution in [2.45, 2.75) is 19.8 Å². The van der Waals surface area contributed by atoms with Gasteiger partial charge in [0.05, 0.1) is 0 Å². The Labute approximate surface area is 138 Å². The second kappa shape index (κ2) is 8.03. The average molecular weight is 343 g/mol. The minimum atomic E-state index is -1.50. The molecular formula is C16H20F3N3O2. The van der Waals surface area contributed by atoms with Crippen molar-refractivity contribution in [2.75, 3.05) is 32.7 Å². The standard InChI is InChI=1S/C16H20F3N3O2/c1-11(23)21-5-2-6-22(8-7-21)16(24)20-4-3-12-9-13(17)15(19)14(18)10-12/h9-10H,2-8H2,1H3,(H,20,24). The van der Waals surface area contributed by atoms with E-state index >= 15 is 0 Å². The number of nitrogens with one attached hydrogen (secondary N) is 1. The third kappa shape index (κ3) is 4.62. The molecule has 1 heterocycles. The zero-order valence-electron chi connectivity index (χ0n) is 13.4. The molecule has 1 aliphatic rings. The molecule has 5 nitrogen and oxygen atoms in total. The van der Waals surface area contributed by atoms with Crippen molar-refractivity contribution in [2.24, 2.45) is 0 Å². The molecule has 0 saturated carbocycles. The van der Waals surface area contributed by atoms with E-state index in [2.05, 4.69) is 5.32 Å². The van der Waals surface area contributed by atoms with Crippen molar-refractivity contribution in [3.05, 3.63) is 35.1 Å². The Morgan fingerprint density at radius 2 is 1.62 bits per heavy atom. The largest absolute Gasteiger partial charge is 0.341 e. The van der Waals surface area contributed by atoms with Gasteiger partial charge in [-0.15, -0.1) is 0 Å². The van der Waals surface area contributed by atoms with E-state index in [-0.39, 0.29) is 30.5 Å². The number of hydrogen-bond acceptors (Lipinski definition) is 2. The SMILES string of the molecule is CC(=O)N1CCCN(C(=O)NCCc2cc(F)c(F)c(F)c2)CC1. The summed E-state index contributed by atoms with van der Waals surface area (Å²) in [5.74, 6) is -4.00. The highest BCUT2D eigenvalue weighted by molar-refractivity contribution is 5.75. The van der Waals surface area contributed by atoms with Gasteiger partial charge in [0.2, 0.25) is 5.91 Å². The number of rotatable bonds is 3. The predicted molar refractivity (Wildman–Crippen MR) is 81.9 cm³/mol. The number of carbonyl (C=O) groups is 2. The van der Waals surface area contributed by atoms with Crippen LogP contribution >= 0.6 is 0 Å². The fourth-order valence-electron chi connectivity index (χ4n) is 2.61. The van der Waals surface area contributed by atoms with Gasteiger partial charge in [0.15, 0.2) is 17.5 Å². The van der Waals surface area contributed by atoms with Crippen molar-refractivity contribution in [1.82, 2.24) is 15.1 Å². The summed E-state index contributed by atoms with van der Waals surface area (Å²) in [4.78, 5) is 26.8. The zero-order valence-corrected chi connectivity index (χ0v) is 13.4. The van der Waals surface area contributed by atoms with E-state index < -0.39 is 17.5 Å². The summed E-state index contributed by atoms with van der Waals surface area (Å²) in [6, 6.07) is 1.55. The molecule has 0 bridgehead atoms. The highest BCUT2D eigenvalue weighted by atomic mass is 19.2. The van der Waals surface area contributed by atoms with Crippen LogP contribution in [0, 0.1) is 17.5 Å². The quantitative estimate of drug-likeness (QED) is 0.853. The van der Waals surface area contributed by atoms with Crippen LogP contribution in [-0.2, 0) is 11.2 Å². The first kappa shape index (κ1) is 18.1. The van der Waals surface area contributed by atoms with Crippen LogP contribution in [0.3, 0.4) is 0 Å². The van der Waals surface area contributed by atoms with Gasteiger partial charge < -0.3 is 15.1 Å². The van der Waals surface area contributed by atoms with Gasteiger partial charge in [-0.3, -0.25) is 4.79 Å². The van der Waals surface area contributed by atoms with Crippen LogP contribution in [0.25, 0.3) is 0 Å². The van der Waals surface area contributed by atoms with Crippen LogP contribution < -0.4 is 5.32 Å². The summed E-state index contributed by atoms with van der Waals surface area (Å²) in [7, 11) is 0. The van der Waals surface area contributed by atoms with Gasteiger partial charge in [0.25, 0.3) is 0 Å². The lowest BCUT2D eigenvalue weighted by atomic mass is 10.1. The summed E-state index contributed by atoms with van der Waals surface area (Å²) in [6.45, 7) is 3.75.